The van der Waals surface area contributed by atoms with Crippen molar-refractivity contribution in [3.63, 3.8) is 0 Å². The van der Waals surface area contributed by atoms with Gasteiger partial charge in [-0.25, -0.2) is 8.42 Å². The number of hydrogen-bond donors (Lipinski definition) is 1. The van der Waals surface area contributed by atoms with Crippen LogP contribution in [0.1, 0.15) is 70.8 Å². The number of benzene rings is 1. The zero-order chi connectivity index (χ0) is 28.3. The minimum atomic E-state index is -4.29. The Labute approximate surface area is 232 Å². The van der Waals surface area contributed by atoms with Gasteiger partial charge in [0.15, 0.2) is 5.78 Å². The zero-order valence-electron chi connectivity index (χ0n) is 22.2. The Morgan fingerprint density at radius 2 is 1.77 bits per heavy atom. The Hall–Kier alpha value is -1.69. The van der Waals surface area contributed by atoms with E-state index in [9.17, 15) is 26.4 Å². The second kappa shape index (κ2) is 9.99. The molecular formula is C27H35ClF3N3O4S. The van der Waals surface area contributed by atoms with Gasteiger partial charge in [0.2, 0.25) is 10.0 Å². The van der Waals surface area contributed by atoms with Crippen LogP contribution in [0.3, 0.4) is 0 Å². The van der Waals surface area contributed by atoms with Gasteiger partial charge in [-0.1, -0.05) is 23.7 Å². The first-order chi connectivity index (χ1) is 18.2. The quantitative estimate of drug-likeness (QED) is 0.414. The number of alkyl halides is 3. The zero-order valence-corrected chi connectivity index (χ0v) is 23.8. The molecule has 0 aromatic heterocycles. The van der Waals surface area contributed by atoms with Crippen molar-refractivity contribution in [3.8, 4) is 0 Å². The van der Waals surface area contributed by atoms with Crippen LogP contribution < -0.4 is 5.32 Å². The van der Waals surface area contributed by atoms with Crippen LogP contribution in [0, 0.1) is 5.41 Å². The molecule has 7 nitrogen and oxygen atoms in total. The first kappa shape index (κ1) is 28.8. The highest BCUT2D eigenvalue weighted by Gasteiger charge is 2.75. The summed E-state index contributed by atoms with van der Waals surface area (Å²) < 4.78 is 72.6. The van der Waals surface area contributed by atoms with Gasteiger partial charge in [0.1, 0.15) is 11.9 Å². The third-order valence-corrected chi connectivity index (χ3v) is 11.4. The third kappa shape index (κ3) is 5.48. The molecule has 0 unspecified atom stereocenters. The number of Topliss-reactive ketones (excluding diaryl/α,β-unsaturated/α-hetero) is 1. The summed E-state index contributed by atoms with van der Waals surface area (Å²) >= 11 is 6.05. The second-order valence-electron chi connectivity index (χ2n) is 12.2. The molecule has 12 heteroatoms. The fraction of sp³-hybridized carbons (Fsp3) is 0.704. The highest BCUT2D eigenvalue weighted by atomic mass is 35.5. The van der Waals surface area contributed by atoms with Crippen LogP contribution in [0.25, 0.3) is 0 Å². The van der Waals surface area contributed by atoms with E-state index < -0.39 is 45.0 Å². The maximum Gasteiger partial charge on any atom is 0.389 e. The second-order valence-corrected chi connectivity index (χ2v) is 14.8. The van der Waals surface area contributed by atoms with Crippen molar-refractivity contribution >= 4 is 33.2 Å². The first-order valence-corrected chi connectivity index (χ1v) is 15.3. The number of aliphatic imine (C=N–C) groups is 1. The van der Waals surface area contributed by atoms with Crippen LogP contribution in [0.4, 0.5) is 13.2 Å². The standard InChI is InChI=1S/C27H35ClF3N3O4S/c1-24(2)22(21(35)4-3-11-27(29,30)31)32-23(33-24)25-15-26(16-25,17-25)34(14-18-5-7-19(28)8-6-18)39(36,37)20-9-12-38-13-10-20/h5-8,20,22H,3-4,9-17H2,1-2H3,(H,32,33)/t22-,25?,26?/m0/s1. The van der Waals surface area contributed by atoms with Gasteiger partial charge in [0, 0.05) is 48.6 Å². The van der Waals surface area contributed by atoms with Gasteiger partial charge >= 0.3 is 6.18 Å². The largest absolute Gasteiger partial charge is 0.389 e. The van der Waals surface area contributed by atoms with Gasteiger partial charge in [-0.3, -0.25) is 9.79 Å². The maximum atomic E-state index is 13.9. The lowest BCUT2D eigenvalue weighted by molar-refractivity contribution is -0.151. The molecule has 216 valence electrons. The number of amidine groups is 1. The van der Waals surface area contributed by atoms with Crippen molar-refractivity contribution in [3.05, 3.63) is 34.9 Å². The number of carbonyl (C=O) groups excluding carboxylic acids is 1. The number of carbonyl (C=O) groups is 1. The van der Waals surface area contributed by atoms with Crippen LogP contribution in [-0.4, -0.2) is 66.1 Å². The first-order valence-electron chi connectivity index (χ1n) is 13.5. The summed E-state index contributed by atoms with van der Waals surface area (Å²) in [5.74, 6) is 0.373. The molecule has 1 aromatic rings. The number of nitrogens with zero attached hydrogens (tertiary/aromatic N) is 2. The molecule has 0 radical (unpaired) electrons. The molecule has 6 rings (SSSR count). The maximum absolute atomic E-state index is 13.9. The molecule has 1 aromatic carbocycles. The Morgan fingerprint density at radius 3 is 2.36 bits per heavy atom. The van der Waals surface area contributed by atoms with Crippen molar-refractivity contribution in [1.29, 1.82) is 0 Å². The SMILES string of the molecule is CC1(C)NC(C23CC(N(Cc4ccc(Cl)cc4)S(=O)(=O)C4CCOCC4)(C2)C3)=N[C@H]1C(=O)CCCC(F)(F)F. The van der Waals surface area contributed by atoms with E-state index in [0.29, 0.717) is 56.2 Å². The summed E-state index contributed by atoms with van der Waals surface area (Å²) in [4.78, 5) is 17.5. The van der Waals surface area contributed by atoms with E-state index in [-0.39, 0.29) is 30.6 Å². The van der Waals surface area contributed by atoms with Gasteiger partial charge in [0.25, 0.3) is 0 Å². The fourth-order valence-corrected chi connectivity index (χ4v) is 9.06. The van der Waals surface area contributed by atoms with E-state index in [1.807, 2.05) is 26.0 Å². The predicted molar refractivity (Wildman–Crippen MR) is 142 cm³/mol. The van der Waals surface area contributed by atoms with Crippen LogP contribution in [0.15, 0.2) is 29.3 Å². The summed E-state index contributed by atoms with van der Waals surface area (Å²) in [6.45, 7) is 4.76. The molecule has 39 heavy (non-hydrogen) atoms. The van der Waals surface area contributed by atoms with Crippen LogP contribution >= 0.6 is 11.6 Å². The number of halogens is 4. The van der Waals surface area contributed by atoms with E-state index in [1.54, 1.807) is 16.4 Å². The lowest BCUT2D eigenvalue weighted by Gasteiger charge is -2.73. The highest BCUT2D eigenvalue weighted by Crippen LogP contribution is 2.71. The molecule has 2 heterocycles. The van der Waals surface area contributed by atoms with Crippen LogP contribution in [0.5, 0.6) is 0 Å². The molecule has 3 saturated carbocycles. The van der Waals surface area contributed by atoms with Gasteiger partial charge in [-0.2, -0.15) is 17.5 Å². The average Bonchev–Trinajstić information content (AvgIpc) is 3.12. The molecule has 0 amide bonds. The molecule has 4 fully saturated rings. The minimum absolute atomic E-state index is 0.179. The van der Waals surface area contributed by atoms with E-state index >= 15 is 0 Å². The van der Waals surface area contributed by atoms with Crippen molar-refractivity contribution < 1.29 is 31.1 Å². The van der Waals surface area contributed by atoms with Crippen LogP contribution in [-0.2, 0) is 26.1 Å². The predicted octanol–water partition coefficient (Wildman–Crippen LogP) is 5.02. The van der Waals surface area contributed by atoms with Crippen LogP contribution in [0.2, 0.25) is 5.02 Å². The topological polar surface area (TPSA) is 88.1 Å². The van der Waals surface area contributed by atoms with Crippen molar-refractivity contribution in [2.45, 2.75) is 100 Å². The molecule has 2 aliphatic heterocycles. The molecule has 5 aliphatic rings. The summed E-state index contributed by atoms with van der Waals surface area (Å²) in [7, 11) is -3.62. The number of rotatable bonds is 10. The summed E-state index contributed by atoms with van der Waals surface area (Å²) in [5.41, 5.74) is -0.734. The average molecular weight is 590 g/mol. The molecule has 1 atom stereocenters. The number of ketones is 1. The Balaban J connectivity index is 1.32. The lowest BCUT2D eigenvalue weighted by Crippen LogP contribution is -2.79. The minimum Gasteiger partial charge on any atom is -0.381 e. The van der Waals surface area contributed by atoms with E-state index in [0.717, 1.165) is 5.56 Å². The number of hydrogen-bond acceptors (Lipinski definition) is 6. The Kier molecular flexibility index (Phi) is 7.39. The monoisotopic (exact) mass is 589 g/mol. The molecule has 1 saturated heterocycles. The molecule has 1 N–H and O–H groups in total. The highest BCUT2D eigenvalue weighted by molar-refractivity contribution is 7.89. The smallest absolute Gasteiger partial charge is 0.381 e. The third-order valence-electron chi connectivity index (χ3n) is 8.74. The van der Waals surface area contributed by atoms with E-state index in [4.69, 9.17) is 21.3 Å². The van der Waals surface area contributed by atoms with Crippen molar-refractivity contribution in [2.24, 2.45) is 10.4 Å². The normalized spacial score (nSPS) is 30.3. The van der Waals surface area contributed by atoms with Gasteiger partial charge in [-0.05, 0) is 70.1 Å². The summed E-state index contributed by atoms with van der Waals surface area (Å²) in [5, 5.41) is 3.45. The fourth-order valence-electron chi connectivity index (χ4n) is 6.73. The molecule has 3 aliphatic carbocycles. The van der Waals surface area contributed by atoms with Crippen molar-refractivity contribution in [1.82, 2.24) is 9.62 Å². The number of ether oxygens (including phenoxy) is 1. The molecular weight excluding hydrogens is 555 g/mol. The number of sulfonamides is 1. The van der Waals surface area contributed by atoms with E-state index in [1.165, 1.54) is 0 Å². The summed E-state index contributed by atoms with van der Waals surface area (Å²) in [6.07, 6.45) is -3.02. The Morgan fingerprint density at radius 1 is 1.15 bits per heavy atom. The lowest BCUT2D eigenvalue weighted by atomic mass is 9.38. The summed E-state index contributed by atoms with van der Waals surface area (Å²) in [6, 6.07) is 6.43. The Bertz CT molecular complexity index is 1220. The van der Waals surface area contributed by atoms with Crippen molar-refractivity contribution in [2.75, 3.05) is 13.2 Å². The molecule has 2 bridgehead atoms. The van der Waals surface area contributed by atoms with Gasteiger partial charge in [-0.15, -0.1) is 0 Å². The van der Waals surface area contributed by atoms with Gasteiger partial charge < -0.3 is 10.1 Å². The molecule has 0 spiro atoms. The van der Waals surface area contributed by atoms with Gasteiger partial charge in [0.05, 0.1) is 10.8 Å². The van der Waals surface area contributed by atoms with E-state index in [2.05, 4.69) is 5.32 Å². The number of nitrogens with one attached hydrogen (secondary N) is 1.